The molecule has 1 saturated heterocycles. The van der Waals surface area contributed by atoms with E-state index < -0.39 is 0 Å². The predicted octanol–water partition coefficient (Wildman–Crippen LogP) is 4.44. The van der Waals surface area contributed by atoms with E-state index in [4.69, 9.17) is 27.9 Å². The molecule has 0 aliphatic carbocycles. The molecule has 0 N–H and O–H groups in total. The molecule has 116 valence electrons. The number of hydrogen-bond donors (Lipinski definition) is 0. The molecule has 4 nitrogen and oxygen atoms in total. The van der Waals surface area contributed by atoms with Crippen molar-refractivity contribution in [3.8, 4) is 0 Å². The lowest BCUT2D eigenvalue weighted by atomic mass is 9.87. The first-order chi connectivity index (χ1) is 10.5. The molecule has 0 unspecified atom stereocenters. The molecule has 6 heteroatoms. The van der Waals surface area contributed by atoms with Crippen molar-refractivity contribution in [3.05, 3.63) is 52.2 Å². The molecule has 1 fully saturated rings. The Hall–Kier alpha value is -1.52. The third kappa shape index (κ3) is 2.99. The molecule has 1 aliphatic heterocycles. The second-order valence-corrected chi connectivity index (χ2v) is 6.85. The van der Waals surface area contributed by atoms with Crippen LogP contribution in [-0.2, 0) is 11.2 Å². The summed E-state index contributed by atoms with van der Waals surface area (Å²) in [5.74, 6) is 0.948. The van der Waals surface area contributed by atoms with E-state index in [2.05, 4.69) is 23.9 Å². The molecular formula is C16H17Cl2N3O. The lowest BCUT2D eigenvalue weighted by molar-refractivity contribution is 0.249. The number of nitrogens with zero attached hydrogens (tertiary/aromatic N) is 3. The van der Waals surface area contributed by atoms with Gasteiger partial charge >= 0.3 is 0 Å². The molecule has 0 atom stereocenters. The van der Waals surface area contributed by atoms with Crippen molar-refractivity contribution in [1.82, 2.24) is 14.8 Å². The topological polar surface area (TPSA) is 39.9 Å². The Morgan fingerprint density at radius 1 is 1.36 bits per heavy atom. The van der Waals surface area contributed by atoms with Crippen molar-refractivity contribution < 1.29 is 4.74 Å². The second kappa shape index (κ2) is 5.94. The highest BCUT2D eigenvalue weighted by Crippen LogP contribution is 2.41. The number of hydrogen-bond acceptors (Lipinski definition) is 3. The Labute approximate surface area is 139 Å². The SMILES string of the molecule is CC1(C)CCOC1=C(Cc1ccc(Cl)cc1Cl)n1cncn1. The van der Waals surface area contributed by atoms with Gasteiger partial charge in [0.1, 0.15) is 18.4 Å². The van der Waals surface area contributed by atoms with Gasteiger partial charge in [0.05, 0.1) is 12.3 Å². The van der Waals surface area contributed by atoms with Crippen molar-refractivity contribution in [2.24, 2.45) is 5.41 Å². The van der Waals surface area contributed by atoms with Crippen molar-refractivity contribution in [1.29, 1.82) is 0 Å². The molecule has 0 saturated carbocycles. The average molecular weight is 338 g/mol. The molecule has 0 spiro atoms. The Balaban J connectivity index is 2.06. The van der Waals surface area contributed by atoms with E-state index in [-0.39, 0.29) is 5.41 Å². The van der Waals surface area contributed by atoms with Crippen LogP contribution in [0.1, 0.15) is 25.8 Å². The number of ether oxygens (including phenoxy) is 1. The minimum atomic E-state index is -0.0276. The van der Waals surface area contributed by atoms with Crippen LogP contribution in [0.3, 0.4) is 0 Å². The predicted molar refractivity (Wildman–Crippen MR) is 87.8 cm³/mol. The van der Waals surface area contributed by atoms with Crippen LogP contribution in [0.5, 0.6) is 0 Å². The first-order valence-corrected chi connectivity index (χ1v) is 7.88. The first kappa shape index (κ1) is 15.4. The summed E-state index contributed by atoms with van der Waals surface area (Å²) in [6.45, 7) is 5.07. The fourth-order valence-electron chi connectivity index (χ4n) is 2.65. The van der Waals surface area contributed by atoms with Gasteiger partial charge < -0.3 is 4.74 Å². The molecule has 0 amide bonds. The van der Waals surface area contributed by atoms with Gasteiger partial charge in [-0.2, -0.15) is 5.10 Å². The van der Waals surface area contributed by atoms with Crippen LogP contribution < -0.4 is 0 Å². The minimum Gasteiger partial charge on any atom is -0.495 e. The number of allylic oxidation sites excluding steroid dienone is 2. The van der Waals surface area contributed by atoms with E-state index in [1.165, 1.54) is 6.33 Å². The van der Waals surface area contributed by atoms with Gasteiger partial charge in [0.25, 0.3) is 0 Å². The summed E-state index contributed by atoms with van der Waals surface area (Å²) in [6.07, 6.45) is 4.79. The number of rotatable bonds is 3. The molecule has 0 radical (unpaired) electrons. The van der Waals surface area contributed by atoms with Crippen LogP contribution in [0.4, 0.5) is 0 Å². The monoisotopic (exact) mass is 337 g/mol. The summed E-state index contributed by atoms with van der Waals surface area (Å²) < 4.78 is 7.67. The summed E-state index contributed by atoms with van der Waals surface area (Å²) >= 11 is 12.3. The third-order valence-electron chi connectivity index (χ3n) is 3.92. The van der Waals surface area contributed by atoms with Crippen LogP contribution in [0, 0.1) is 5.41 Å². The highest BCUT2D eigenvalue weighted by molar-refractivity contribution is 6.35. The Morgan fingerprint density at radius 3 is 2.77 bits per heavy atom. The van der Waals surface area contributed by atoms with E-state index in [0.717, 1.165) is 30.0 Å². The molecule has 0 bridgehead atoms. The fraction of sp³-hybridized carbons (Fsp3) is 0.375. The Kier molecular flexibility index (Phi) is 4.15. The minimum absolute atomic E-state index is 0.0276. The normalized spacial score (nSPS) is 19.1. The van der Waals surface area contributed by atoms with Gasteiger partial charge in [0, 0.05) is 21.9 Å². The largest absolute Gasteiger partial charge is 0.495 e. The van der Waals surface area contributed by atoms with E-state index in [0.29, 0.717) is 16.5 Å². The highest BCUT2D eigenvalue weighted by Gasteiger charge is 2.34. The zero-order valence-electron chi connectivity index (χ0n) is 12.5. The maximum Gasteiger partial charge on any atom is 0.138 e. The van der Waals surface area contributed by atoms with E-state index in [9.17, 15) is 0 Å². The summed E-state index contributed by atoms with van der Waals surface area (Å²) in [7, 11) is 0. The maximum absolute atomic E-state index is 6.32. The van der Waals surface area contributed by atoms with Crippen LogP contribution in [0.25, 0.3) is 5.70 Å². The van der Waals surface area contributed by atoms with Gasteiger partial charge in [-0.1, -0.05) is 43.1 Å². The van der Waals surface area contributed by atoms with Gasteiger partial charge in [-0.25, -0.2) is 9.67 Å². The summed E-state index contributed by atoms with van der Waals surface area (Å²) in [5, 5.41) is 5.54. The first-order valence-electron chi connectivity index (χ1n) is 7.13. The lowest BCUT2D eigenvalue weighted by Gasteiger charge is -2.21. The van der Waals surface area contributed by atoms with Gasteiger partial charge in [-0.3, -0.25) is 0 Å². The van der Waals surface area contributed by atoms with Crippen molar-refractivity contribution in [3.63, 3.8) is 0 Å². The highest BCUT2D eigenvalue weighted by atomic mass is 35.5. The molecule has 3 rings (SSSR count). The molecule has 1 aliphatic rings. The molecular weight excluding hydrogens is 321 g/mol. The van der Waals surface area contributed by atoms with Crippen molar-refractivity contribution in [2.45, 2.75) is 26.7 Å². The number of benzene rings is 1. The smallest absolute Gasteiger partial charge is 0.138 e. The van der Waals surface area contributed by atoms with Crippen LogP contribution >= 0.6 is 23.2 Å². The molecule has 1 aromatic heterocycles. The zero-order chi connectivity index (χ0) is 15.7. The number of aromatic nitrogens is 3. The maximum atomic E-state index is 6.32. The molecule has 2 aromatic rings. The van der Waals surface area contributed by atoms with Gasteiger partial charge in [-0.05, 0) is 24.1 Å². The average Bonchev–Trinajstić information content (AvgIpc) is 3.08. The summed E-state index contributed by atoms with van der Waals surface area (Å²) in [5.41, 5.74) is 1.92. The van der Waals surface area contributed by atoms with Crippen molar-refractivity contribution >= 4 is 28.9 Å². The molecule has 1 aromatic carbocycles. The standard InChI is InChI=1S/C16H17Cl2N3O/c1-16(2)5-6-22-15(16)14(21-10-19-9-20-21)7-11-3-4-12(17)8-13(11)18/h3-4,8-10H,5-7H2,1-2H3. The van der Waals surface area contributed by atoms with E-state index in [1.54, 1.807) is 17.1 Å². The summed E-state index contributed by atoms with van der Waals surface area (Å²) in [6, 6.07) is 5.53. The van der Waals surface area contributed by atoms with Crippen LogP contribution in [-0.4, -0.2) is 21.4 Å². The van der Waals surface area contributed by atoms with Gasteiger partial charge in [0.15, 0.2) is 0 Å². The lowest BCUT2D eigenvalue weighted by Crippen LogP contribution is -2.15. The zero-order valence-corrected chi connectivity index (χ0v) is 14.0. The van der Waals surface area contributed by atoms with E-state index in [1.807, 2.05) is 12.1 Å². The molecule has 2 heterocycles. The van der Waals surface area contributed by atoms with Crippen LogP contribution in [0.2, 0.25) is 10.0 Å². The van der Waals surface area contributed by atoms with Gasteiger partial charge in [0.2, 0.25) is 0 Å². The quantitative estimate of drug-likeness (QED) is 0.830. The fourth-order valence-corrected chi connectivity index (χ4v) is 3.12. The van der Waals surface area contributed by atoms with Crippen LogP contribution in [0.15, 0.2) is 36.6 Å². The Bertz CT molecular complexity index is 708. The van der Waals surface area contributed by atoms with Gasteiger partial charge in [-0.15, -0.1) is 0 Å². The van der Waals surface area contributed by atoms with Crippen molar-refractivity contribution in [2.75, 3.05) is 6.61 Å². The third-order valence-corrected chi connectivity index (χ3v) is 4.51. The molecule has 22 heavy (non-hydrogen) atoms. The second-order valence-electron chi connectivity index (χ2n) is 6.01. The van der Waals surface area contributed by atoms with E-state index >= 15 is 0 Å². The Morgan fingerprint density at radius 2 is 2.18 bits per heavy atom. The summed E-state index contributed by atoms with van der Waals surface area (Å²) in [4.78, 5) is 4.05. The number of halogens is 2.